The van der Waals surface area contributed by atoms with E-state index in [1.165, 1.54) is 96.3 Å². The van der Waals surface area contributed by atoms with Gasteiger partial charge < -0.3 is 14.2 Å². The molecule has 0 saturated carbocycles. The molecule has 0 rings (SSSR count). The minimum Gasteiger partial charge on any atom is -0.462 e. The van der Waals surface area contributed by atoms with Crippen LogP contribution in [0.1, 0.15) is 252 Å². The van der Waals surface area contributed by atoms with Gasteiger partial charge >= 0.3 is 17.9 Å². The Bertz CT molecular complexity index is 1580. The molecule has 0 fully saturated rings. The number of carbonyl (C=O) groups excluding carboxylic acids is 3. The topological polar surface area (TPSA) is 78.9 Å². The molecule has 0 spiro atoms. The summed E-state index contributed by atoms with van der Waals surface area (Å²) in [5, 5.41) is 0. The lowest BCUT2D eigenvalue weighted by Gasteiger charge is -2.18. The second kappa shape index (κ2) is 60.1. The van der Waals surface area contributed by atoms with Crippen molar-refractivity contribution in [2.75, 3.05) is 13.2 Å². The maximum atomic E-state index is 12.9. The Morgan fingerprint density at radius 1 is 0.288 bits per heavy atom. The fourth-order valence-electron chi connectivity index (χ4n) is 7.67. The SMILES string of the molecule is CC/C=C\C/C=C\C/C=C\C/C=C\C/C=C\CCCC(=O)O[C@H](COC(=O)CCCCC/C=C\C/C=C\C/C=C\C/C=C\CCCCC)COC(=O)CCCCCCCCCCC/C=C\C/C=C\CCCCC. The Morgan fingerprint density at radius 3 is 0.890 bits per heavy atom. The maximum Gasteiger partial charge on any atom is 0.306 e. The fourth-order valence-corrected chi connectivity index (χ4v) is 7.67. The van der Waals surface area contributed by atoms with Crippen molar-refractivity contribution in [3.05, 3.63) is 134 Å². The van der Waals surface area contributed by atoms with Gasteiger partial charge in [0.2, 0.25) is 0 Å². The Hall–Kier alpha value is -4.45. The predicted molar refractivity (Wildman–Crippen MR) is 316 cm³/mol. The van der Waals surface area contributed by atoms with Crippen molar-refractivity contribution in [2.45, 2.75) is 258 Å². The largest absolute Gasteiger partial charge is 0.462 e. The van der Waals surface area contributed by atoms with Gasteiger partial charge in [-0.15, -0.1) is 0 Å². The highest BCUT2D eigenvalue weighted by Crippen LogP contribution is 2.14. The zero-order valence-corrected chi connectivity index (χ0v) is 47.1. The first kappa shape index (κ1) is 68.6. The maximum absolute atomic E-state index is 12.9. The van der Waals surface area contributed by atoms with Gasteiger partial charge in [0.05, 0.1) is 0 Å². The van der Waals surface area contributed by atoms with Crippen molar-refractivity contribution >= 4 is 17.9 Å². The Labute approximate surface area is 449 Å². The first-order valence-electron chi connectivity index (χ1n) is 29.7. The minimum atomic E-state index is -0.829. The van der Waals surface area contributed by atoms with Crippen LogP contribution >= 0.6 is 0 Å². The molecule has 0 aliphatic rings. The summed E-state index contributed by atoms with van der Waals surface area (Å²) >= 11 is 0. The van der Waals surface area contributed by atoms with E-state index in [1.54, 1.807) is 0 Å². The highest BCUT2D eigenvalue weighted by Gasteiger charge is 2.19. The Kier molecular flexibility index (Phi) is 56.4. The average molecular weight is 1010 g/mol. The molecule has 6 nitrogen and oxygen atoms in total. The van der Waals surface area contributed by atoms with Gasteiger partial charge in [0, 0.05) is 19.3 Å². The quantitative estimate of drug-likeness (QED) is 0.0261. The lowest BCUT2D eigenvalue weighted by Crippen LogP contribution is -2.30. The van der Waals surface area contributed by atoms with Crippen LogP contribution in [0.2, 0.25) is 0 Å². The molecule has 6 heteroatoms. The molecule has 0 saturated heterocycles. The summed E-state index contributed by atoms with van der Waals surface area (Å²) in [5.41, 5.74) is 0. The third-order valence-corrected chi connectivity index (χ3v) is 12.1. The molecular weight excluding hydrogens is 901 g/mol. The summed E-state index contributed by atoms with van der Waals surface area (Å²) in [5.74, 6) is -1.01. The average Bonchev–Trinajstić information content (AvgIpc) is 3.39. The molecule has 0 radical (unpaired) electrons. The highest BCUT2D eigenvalue weighted by atomic mass is 16.6. The second-order valence-electron chi connectivity index (χ2n) is 19.2. The molecule has 0 N–H and O–H groups in total. The standard InChI is InChI=1S/C67H108O6/c1-4-7-10-13-16-19-22-25-28-31-33-36-38-41-44-47-50-53-56-59-65(68)71-62-64(73-67(70)61-58-55-52-49-46-43-40-35-30-27-24-21-18-15-12-9-6-3)63-72-66(69)60-57-54-51-48-45-42-39-37-34-32-29-26-23-20-17-14-11-8-5-2/h9,12,16-21,25-30,33,36,40-41,43-44,49,52,64H,4-8,10-11,13-15,22-24,31-32,34-35,37-39,42,45-48,50-51,53-63H2,1-3H3/b12-9-,19-16-,20-17-,21-18-,28-25-,29-26-,30-27-,36-33-,43-40-,44-41-,52-49-/t64-/m1/s1. The number of hydrogen-bond donors (Lipinski definition) is 0. The summed E-state index contributed by atoms with van der Waals surface area (Å²) in [6, 6.07) is 0. The van der Waals surface area contributed by atoms with Gasteiger partial charge in [0.25, 0.3) is 0 Å². The molecule has 0 unspecified atom stereocenters. The smallest absolute Gasteiger partial charge is 0.306 e. The Balaban J connectivity index is 4.55. The van der Waals surface area contributed by atoms with Crippen LogP contribution in [0.3, 0.4) is 0 Å². The first-order valence-corrected chi connectivity index (χ1v) is 29.7. The number of allylic oxidation sites excluding steroid dienone is 22. The third kappa shape index (κ3) is 58.3. The highest BCUT2D eigenvalue weighted by molar-refractivity contribution is 5.71. The van der Waals surface area contributed by atoms with Crippen molar-refractivity contribution in [3.8, 4) is 0 Å². The van der Waals surface area contributed by atoms with Crippen molar-refractivity contribution in [1.82, 2.24) is 0 Å². The number of unbranched alkanes of at least 4 members (excludes halogenated alkanes) is 19. The van der Waals surface area contributed by atoms with E-state index in [0.717, 1.165) is 109 Å². The van der Waals surface area contributed by atoms with Crippen LogP contribution in [0.15, 0.2) is 134 Å². The van der Waals surface area contributed by atoms with Crippen LogP contribution in [0.5, 0.6) is 0 Å². The summed E-state index contributed by atoms with van der Waals surface area (Å²) < 4.78 is 16.8. The monoisotopic (exact) mass is 1010 g/mol. The van der Waals surface area contributed by atoms with Crippen LogP contribution in [-0.4, -0.2) is 37.2 Å². The fraction of sp³-hybridized carbons (Fsp3) is 0.627. The predicted octanol–water partition coefficient (Wildman–Crippen LogP) is 20.2. The minimum absolute atomic E-state index is 0.117. The Morgan fingerprint density at radius 2 is 0.548 bits per heavy atom. The molecule has 1 atom stereocenters. The van der Waals surface area contributed by atoms with E-state index in [4.69, 9.17) is 14.2 Å². The number of ether oxygens (including phenoxy) is 3. The van der Waals surface area contributed by atoms with Crippen molar-refractivity contribution in [3.63, 3.8) is 0 Å². The van der Waals surface area contributed by atoms with E-state index in [0.29, 0.717) is 19.3 Å². The summed E-state index contributed by atoms with van der Waals surface area (Å²) in [6.07, 6.45) is 84.4. The molecule has 0 aliphatic carbocycles. The molecule has 412 valence electrons. The van der Waals surface area contributed by atoms with Gasteiger partial charge in [-0.1, -0.05) is 231 Å². The summed E-state index contributed by atoms with van der Waals surface area (Å²) in [6.45, 7) is 6.39. The normalized spacial score (nSPS) is 13.1. The van der Waals surface area contributed by atoms with E-state index in [-0.39, 0.29) is 37.5 Å². The molecule has 0 aliphatic heterocycles. The van der Waals surface area contributed by atoms with Crippen molar-refractivity contribution in [1.29, 1.82) is 0 Å². The third-order valence-electron chi connectivity index (χ3n) is 12.1. The van der Waals surface area contributed by atoms with Crippen molar-refractivity contribution in [2.24, 2.45) is 0 Å². The second-order valence-corrected chi connectivity index (χ2v) is 19.2. The molecule has 0 aromatic carbocycles. The molecule has 0 bridgehead atoms. The van der Waals surface area contributed by atoms with Crippen LogP contribution in [-0.2, 0) is 28.6 Å². The van der Waals surface area contributed by atoms with Gasteiger partial charge in [0.15, 0.2) is 6.10 Å². The van der Waals surface area contributed by atoms with Crippen LogP contribution in [0, 0.1) is 0 Å². The van der Waals surface area contributed by atoms with Crippen molar-refractivity contribution < 1.29 is 28.6 Å². The number of carbonyl (C=O) groups is 3. The van der Waals surface area contributed by atoms with E-state index in [9.17, 15) is 14.4 Å². The molecule has 0 aromatic heterocycles. The lowest BCUT2D eigenvalue weighted by atomic mass is 10.1. The molecule has 0 aromatic rings. The summed E-state index contributed by atoms with van der Waals surface area (Å²) in [4.78, 5) is 38.2. The van der Waals surface area contributed by atoms with Crippen LogP contribution < -0.4 is 0 Å². The van der Waals surface area contributed by atoms with E-state index < -0.39 is 6.10 Å². The van der Waals surface area contributed by atoms with Gasteiger partial charge in [-0.3, -0.25) is 14.4 Å². The van der Waals surface area contributed by atoms with E-state index in [2.05, 4.69) is 154 Å². The van der Waals surface area contributed by atoms with E-state index >= 15 is 0 Å². The van der Waals surface area contributed by atoms with Crippen LogP contribution in [0.4, 0.5) is 0 Å². The van der Waals surface area contributed by atoms with Gasteiger partial charge in [-0.2, -0.15) is 0 Å². The van der Waals surface area contributed by atoms with Gasteiger partial charge in [0.1, 0.15) is 13.2 Å². The zero-order chi connectivity index (χ0) is 52.9. The number of rotatable bonds is 52. The molecule has 73 heavy (non-hydrogen) atoms. The van der Waals surface area contributed by atoms with Gasteiger partial charge in [-0.05, 0) is 135 Å². The number of hydrogen-bond acceptors (Lipinski definition) is 6. The number of esters is 3. The summed E-state index contributed by atoms with van der Waals surface area (Å²) in [7, 11) is 0. The lowest BCUT2D eigenvalue weighted by molar-refractivity contribution is -0.167. The van der Waals surface area contributed by atoms with E-state index in [1.807, 2.05) is 0 Å². The zero-order valence-electron chi connectivity index (χ0n) is 47.1. The first-order chi connectivity index (χ1) is 36.0. The van der Waals surface area contributed by atoms with Gasteiger partial charge in [-0.25, -0.2) is 0 Å². The van der Waals surface area contributed by atoms with Crippen LogP contribution in [0.25, 0.3) is 0 Å². The molecular formula is C67H108O6. The molecule has 0 amide bonds. The molecule has 0 heterocycles.